The van der Waals surface area contributed by atoms with Crippen LogP contribution in [0.5, 0.6) is 0 Å². The molecule has 1 aliphatic heterocycles. The van der Waals surface area contributed by atoms with Crippen molar-refractivity contribution in [2.75, 3.05) is 26.2 Å². The molecule has 1 saturated heterocycles. The van der Waals surface area contributed by atoms with E-state index in [1.807, 2.05) is 0 Å². The lowest BCUT2D eigenvalue weighted by Gasteiger charge is -2.38. The lowest BCUT2D eigenvalue weighted by atomic mass is 9.89. The maximum absolute atomic E-state index is 12.2. The number of aliphatic hydroxyl groups is 1. The van der Waals surface area contributed by atoms with Crippen molar-refractivity contribution in [3.8, 4) is 0 Å². The molecule has 0 aromatic carbocycles. The van der Waals surface area contributed by atoms with Crippen LogP contribution < -0.4 is 5.32 Å². The molecule has 1 aliphatic carbocycles. The topological polar surface area (TPSA) is 52.6 Å². The van der Waals surface area contributed by atoms with Crippen LogP contribution in [0.15, 0.2) is 0 Å². The number of piperidine rings is 1. The summed E-state index contributed by atoms with van der Waals surface area (Å²) in [5.74, 6) is 1.92. The summed E-state index contributed by atoms with van der Waals surface area (Å²) >= 11 is 0. The number of likely N-dealkylation sites (tertiary alicyclic amines) is 1. The fourth-order valence-electron chi connectivity index (χ4n) is 3.31. The predicted molar refractivity (Wildman–Crippen MR) is 80.4 cm³/mol. The molecule has 116 valence electrons. The van der Waals surface area contributed by atoms with Crippen molar-refractivity contribution in [3.05, 3.63) is 0 Å². The highest BCUT2D eigenvalue weighted by Gasteiger charge is 2.33. The van der Waals surface area contributed by atoms with Crippen molar-refractivity contribution in [2.45, 2.75) is 57.9 Å². The van der Waals surface area contributed by atoms with Crippen molar-refractivity contribution in [3.63, 3.8) is 0 Å². The van der Waals surface area contributed by atoms with Crippen molar-refractivity contribution >= 4 is 5.91 Å². The highest BCUT2D eigenvalue weighted by atomic mass is 16.3. The molecular formula is C16H30N2O2. The van der Waals surface area contributed by atoms with Crippen LogP contribution >= 0.6 is 0 Å². The quantitative estimate of drug-likeness (QED) is 0.667. The Hall–Kier alpha value is -0.610. The second kappa shape index (κ2) is 7.99. The summed E-state index contributed by atoms with van der Waals surface area (Å²) in [7, 11) is 0. The molecule has 2 rings (SSSR count). The Morgan fingerprint density at radius 2 is 2.10 bits per heavy atom. The Morgan fingerprint density at radius 1 is 1.30 bits per heavy atom. The van der Waals surface area contributed by atoms with Gasteiger partial charge >= 0.3 is 0 Å². The highest BCUT2D eigenvalue weighted by Crippen LogP contribution is 2.37. The van der Waals surface area contributed by atoms with E-state index in [-0.39, 0.29) is 6.61 Å². The van der Waals surface area contributed by atoms with Gasteiger partial charge in [0.1, 0.15) is 0 Å². The van der Waals surface area contributed by atoms with Gasteiger partial charge in [-0.15, -0.1) is 0 Å². The molecule has 1 heterocycles. The number of hydrogen-bond acceptors (Lipinski definition) is 3. The first kappa shape index (κ1) is 15.8. The first-order valence-corrected chi connectivity index (χ1v) is 8.35. The minimum atomic E-state index is 0.240. The molecule has 0 aromatic rings. The van der Waals surface area contributed by atoms with Gasteiger partial charge in [0.05, 0.1) is 0 Å². The molecule has 4 nitrogen and oxygen atoms in total. The molecule has 1 amide bonds. The zero-order valence-corrected chi connectivity index (χ0v) is 12.8. The van der Waals surface area contributed by atoms with Crippen molar-refractivity contribution in [2.24, 2.45) is 11.8 Å². The van der Waals surface area contributed by atoms with Gasteiger partial charge in [0.25, 0.3) is 0 Å². The third kappa shape index (κ3) is 5.06. The van der Waals surface area contributed by atoms with Gasteiger partial charge in [-0.25, -0.2) is 0 Å². The second-order valence-electron chi connectivity index (χ2n) is 6.56. The standard InChI is InChI=1S/C16H30N2O2/c1-2-4-16(20)18-11-14(9-13-5-6-13)10-15(12-18)17-7-3-8-19/h13-15,17,19H,2-12H2,1H3. The summed E-state index contributed by atoms with van der Waals surface area (Å²) in [5.41, 5.74) is 0. The van der Waals surface area contributed by atoms with Crippen LogP contribution in [0.2, 0.25) is 0 Å². The number of nitrogens with one attached hydrogen (secondary N) is 1. The maximum atomic E-state index is 12.2. The van der Waals surface area contributed by atoms with Crippen molar-refractivity contribution in [1.29, 1.82) is 0 Å². The molecular weight excluding hydrogens is 252 g/mol. The fourth-order valence-corrected chi connectivity index (χ4v) is 3.31. The van der Waals surface area contributed by atoms with Crippen LogP contribution in [0, 0.1) is 11.8 Å². The van der Waals surface area contributed by atoms with Gasteiger partial charge in [-0.2, -0.15) is 0 Å². The van der Waals surface area contributed by atoms with E-state index < -0.39 is 0 Å². The van der Waals surface area contributed by atoms with Crippen LogP contribution in [-0.2, 0) is 4.79 Å². The van der Waals surface area contributed by atoms with Gasteiger partial charge < -0.3 is 15.3 Å². The number of carbonyl (C=O) groups excluding carboxylic acids is 1. The van der Waals surface area contributed by atoms with Gasteiger partial charge in [0.15, 0.2) is 0 Å². The summed E-state index contributed by atoms with van der Waals surface area (Å²) in [6.07, 6.45) is 7.69. The Balaban J connectivity index is 1.85. The minimum absolute atomic E-state index is 0.240. The fraction of sp³-hybridized carbons (Fsp3) is 0.938. The normalized spacial score (nSPS) is 26.8. The van der Waals surface area contributed by atoms with E-state index in [1.54, 1.807) is 0 Å². The van der Waals surface area contributed by atoms with E-state index in [0.717, 1.165) is 38.4 Å². The Morgan fingerprint density at radius 3 is 2.75 bits per heavy atom. The lowest BCUT2D eigenvalue weighted by Crippen LogP contribution is -2.51. The molecule has 2 aliphatic rings. The number of rotatable bonds is 8. The maximum Gasteiger partial charge on any atom is 0.222 e. The molecule has 20 heavy (non-hydrogen) atoms. The van der Waals surface area contributed by atoms with Gasteiger partial charge in [-0.3, -0.25) is 4.79 Å². The first-order valence-electron chi connectivity index (χ1n) is 8.35. The molecule has 2 unspecified atom stereocenters. The first-order chi connectivity index (χ1) is 9.72. The summed E-state index contributed by atoms with van der Waals surface area (Å²) in [6, 6.07) is 0.417. The van der Waals surface area contributed by atoms with Crippen LogP contribution in [-0.4, -0.2) is 48.2 Å². The third-order valence-corrected chi connectivity index (χ3v) is 4.49. The summed E-state index contributed by atoms with van der Waals surface area (Å²) in [6.45, 7) is 4.98. The van der Waals surface area contributed by atoms with E-state index in [0.29, 0.717) is 24.3 Å². The lowest BCUT2D eigenvalue weighted by molar-refractivity contribution is -0.133. The molecule has 1 saturated carbocycles. The smallest absolute Gasteiger partial charge is 0.222 e. The second-order valence-corrected chi connectivity index (χ2v) is 6.56. The minimum Gasteiger partial charge on any atom is -0.396 e. The predicted octanol–water partition coefficient (Wildman–Crippen LogP) is 1.78. The van der Waals surface area contributed by atoms with Crippen LogP contribution in [0.3, 0.4) is 0 Å². The summed E-state index contributed by atoms with van der Waals surface area (Å²) in [5, 5.41) is 12.4. The molecule has 2 fully saturated rings. The molecule has 2 atom stereocenters. The summed E-state index contributed by atoms with van der Waals surface area (Å²) < 4.78 is 0. The molecule has 2 N–H and O–H groups in total. The molecule has 0 aromatic heterocycles. The van der Waals surface area contributed by atoms with Crippen molar-refractivity contribution < 1.29 is 9.90 Å². The average molecular weight is 282 g/mol. The Kier molecular flexibility index (Phi) is 6.30. The number of nitrogens with zero attached hydrogens (tertiary/aromatic N) is 1. The zero-order valence-electron chi connectivity index (χ0n) is 12.8. The van der Waals surface area contributed by atoms with Crippen LogP contribution in [0.25, 0.3) is 0 Å². The van der Waals surface area contributed by atoms with Crippen LogP contribution in [0.1, 0.15) is 51.9 Å². The van der Waals surface area contributed by atoms with E-state index in [1.165, 1.54) is 25.7 Å². The zero-order chi connectivity index (χ0) is 14.4. The number of amides is 1. The molecule has 0 radical (unpaired) electrons. The van der Waals surface area contributed by atoms with Gasteiger partial charge in [0, 0.05) is 32.2 Å². The summed E-state index contributed by atoms with van der Waals surface area (Å²) in [4.78, 5) is 14.3. The highest BCUT2D eigenvalue weighted by molar-refractivity contribution is 5.76. The number of hydrogen-bond donors (Lipinski definition) is 2. The molecule has 0 spiro atoms. The van der Waals surface area contributed by atoms with Crippen molar-refractivity contribution in [1.82, 2.24) is 10.2 Å². The largest absolute Gasteiger partial charge is 0.396 e. The third-order valence-electron chi connectivity index (χ3n) is 4.49. The van der Waals surface area contributed by atoms with E-state index in [9.17, 15) is 4.79 Å². The van der Waals surface area contributed by atoms with Crippen LogP contribution in [0.4, 0.5) is 0 Å². The SMILES string of the molecule is CCCC(=O)N1CC(CC2CC2)CC(NCCCO)C1. The van der Waals surface area contributed by atoms with E-state index >= 15 is 0 Å². The van der Waals surface area contributed by atoms with Gasteiger partial charge in [-0.1, -0.05) is 19.8 Å². The molecule has 4 heteroatoms. The number of aliphatic hydroxyl groups excluding tert-OH is 1. The Labute approximate surface area is 122 Å². The monoisotopic (exact) mass is 282 g/mol. The van der Waals surface area contributed by atoms with E-state index in [2.05, 4.69) is 17.1 Å². The van der Waals surface area contributed by atoms with Gasteiger partial charge in [0.2, 0.25) is 5.91 Å². The molecule has 0 bridgehead atoms. The van der Waals surface area contributed by atoms with E-state index in [4.69, 9.17) is 5.11 Å². The average Bonchev–Trinajstić information content (AvgIpc) is 3.23. The number of carbonyl (C=O) groups is 1. The van der Waals surface area contributed by atoms with Gasteiger partial charge in [-0.05, 0) is 44.1 Å². The Bertz CT molecular complexity index is 305.